The van der Waals surface area contributed by atoms with E-state index in [1.54, 1.807) is 0 Å². The Morgan fingerprint density at radius 3 is 2.80 bits per heavy atom. The first-order valence-electron chi connectivity index (χ1n) is 5.98. The van der Waals surface area contributed by atoms with Crippen molar-refractivity contribution in [2.75, 3.05) is 26.2 Å². The summed E-state index contributed by atoms with van der Waals surface area (Å²) in [6.45, 7) is 5.44. The minimum absolute atomic E-state index is 0.240. The number of carbonyl (C=O) groups is 1. The molecule has 4 nitrogen and oxygen atoms in total. The first kappa shape index (κ1) is 10.7. The zero-order valence-corrected chi connectivity index (χ0v) is 9.48. The second-order valence-electron chi connectivity index (χ2n) is 4.85. The van der Waals surface area contributed by atoms with Crippen LogP contribution in [0, 0.1) is 5.92 Å². The molecule has 2 rings (SSSR count). The van der Waals surface area contributed by atoms with Gasteiger partial charge in [-0.2, -0.15) is 0 Å². The van der Waals surface area contributed by atoms with Gasteiger partial charge in [0.1, 0.15) is 0 Å². The van der Waals surface area contributed by atoms with Crippen molar-refractivity contribution in [3.05, 3.63) is 0 Å². The lowest BCUT2D eigenvalue weighted by Gasteiger charge is -2.37. The molecular formula is C11H21N3O. The Bertz CT molecular complexity index is 240. The molecule has 0 radical (unpaired) electrons. The first-order valence-corrected chi connectivity index (χ1v) is 5.98. The van der Waals surface area contributed by atoms with Crippen LogP contribution in [0.25, 0.3) is 0 Å². The van der Waals surface area contributed by atoms with Crippen molar-refractivity contribution < 1.29 is 4.79 Å². The summed E-state index contributed by atoms with van der Waals surface area (Å²) in [4.78, 5) is 16.1. The Labute approximate surface area is 91.4 Å². The Morgan fingerprint density at radius 1 is 1.47 bits per heavy atom. The van der Waals surface area contributed by atoms with Gasteiger partial charge in [0, 0.05) is 25.7 Å². The molecule has 1 atom stereocenters. The lowest BCUT2D eigenvalue weighted by atomic mass is 10.1. The number of nitrogens with two attached hydrogens (primary N) is 1. The zero-order valence-electron chi connectivity index (χ0n) is 9.48. The molecule has 1 heterocycles. The summed E-state index contributed by atoms with van der Waals surface area (Å²) in [5.41, 5.74) is 5.59. The van der Waals surface area contributed by atoms with E-state index in [4.69, 9.17) is 5.73 Å². The van der Waals surface area contributed by atoms with Crippen molar-refractivity contribution in [2.24, 2.45) is 11.7 Å². The summed E-state index contributed by atoms with van der Waals surface area (Å²) in [6, 6.07) is 0.789. The van der Waals surface area contributed by atoms with Crippen LogP contribution in [0.1, 0.15) is 26.2 Å². The topological polar surface area (TPSA) is 49.6 Å². The van der Waals surface area contributed by atoms with Crippen LogP contribution in [0.2, 0.25) is 0 Å². The van der Waals surface area contributed by atoms with Crippen LogP contribution in [0.5, 0.6) is 0 Å². The molecule has 0 bridgehead atoms. The SMILES string of the molecule is CC(CN)CN1CCCN(C2CC2)C1=O. The van der Waals surface area contributed by atoms with Gasteiger partial charge in [-0.1, -0.05) is 6.92 Å². The van der Waals surface area contributed by atoms with Crippen LogP contribution in [0.15, 0.2) is 0 Å². The van der Waals surface area contributed by atoms with Crippen LogP contribution in [-0.4, -0.2) is 48.1 Å². The molecule has 2 aliphatic rings. The largest absolute Gasteiger partial charge is 0.330 e. The van der Waals surface area contributed by atoms with Gasteiger partial charge < -0.3 is 15.5 Å². The molecule has 1 unspecified atom stereocenters. The quantitative estimate of drug-likeness (QED) is 0.750. The smallest absolute Gasteiger partial charge is 0.320 e. The second kappa shape index (κ2) is 4.39. The molecule has 15 heavy (non-hydrogen) atoms. The average Bonchev–Trinajstić information content (AvgIpc) is 3.04. The van der Waals surface area contributed by atoms with E-state index in [1.807, 2.05) is 9.80 Å². The highest BCUT2D eigenvalue weighted by atomic mass is 16.2. The van der Waals surface area contributed by atoms with Gasteiger partial charge in [-0.25, -0.2) is 4.79 Å². The summed E-state index contributed by atoms with van der Waals surface area (Å²) in [7, 11) is 0. The molecule has 0 aromatic heterocycles. The number of urea groups is 1. The highest BCUT2D eigenvalue weighted by Crippen LogP contribution is 2.29. The van der Waals surface area contributed by atoms with Crippen LogP contribution < -0.4 is 5.73 Å². The van der Waals surface area contributed by atoms with Crippen molar-refractivity contribution in [1.82, 2.24) is 9.80 Å². The standard InChI is InChI=1S/C11H21N3O/c1-9(7-12)8-13-5-2-6-14(11(13)15)10-3-4-10/h9-10H,2-8,12H2,1H3. The third-order valence-corrected chi connectivity index (χ3v) is 3.27. The predicted octanol–water partition coefficient (Wildman–Crippen LogP) is 0.871. The zero-order chi connectivity index (χ0) is 10.8. The number of hydrogen-bond donors (Lipinski definition) is 1. The molecule has 2 amide bonds. The van der Waals surface area contributed by atoms with Crippen molar-refractivity contribution in [2.45, 2.75) is 32.2 Å². The fourth-order valence-corrected chi connectivity index (χ4v) is 2.15. The Hall–Kier alpha value is -0.770. The summed E-state index contributed by atoms with van der Waals surface area (Å²) < 4.78 is 0. The minimum atomic E-state index is 0.240. The van der Waals surface area contributed by atoms with Gasteiger partial charge in [-0.3, -0.25) is 0 Å². The molecule has 1 saturated carbocycles. The van der Waals surface area contributed by atoms with Gasteiger partial charge >= 0.3 is 6.03 Å². The third-order valence-electron chi connectivity index (χ3n) is 3.27. The van der Waals surface area contributed by atoms with E-state index in [0.29, 0.717) is 18.5 Å². The maximum absolute atomic E-state index is 12.1. The Balaban J connectivity index is 1.90. The maximum atomic E-state index is 12.1. The molecule has 0 spiro atoms. The number of hydrogen-bond acceptors (Lipinski definition) is 2. The molecule has 2 fully saturated rings. The number of nitrogens with zero attached hydrogens (tertiary/aromatic N) is 2. The third kappa shape index (κ3) is 2.43. The van der Waals surface area contributed by atoms with Crippen LogP contribution in [-0.2, 0) is 0 Å². The monoisotopic (exact) mass is 211 g/mol. The van der Waals surface area contributed by atoms with Gasteiger partial charge in [0.15, 0.2) is 0 Å². The van der Waals surface area contributed by atoms with Crippen LogP contribution in [0.3, 0.4) is 0 Å². The fraction of sp³-hybridized carbons (Fsp3) is 0.909. The van der Waals surface area contributed by atoms with E-state index in [-0.39, 0.29) is 6.03 Å². The fourth-order valence-electron chi connectivity index (χ4n) is 2.15. The Morgan fingerprint density at radius 2 is 2.20 bits per heavy atom. The van der Waals surface area contributed by atoms with E-state index in [0.717, 1.165) is 26.1 Å². The van der Waals surface area contributed by atoms with Crippen molar-refractivity contribution in [3.8, 4) is 0 Å². The maximum Gasteiger partial charge on any atom is 0.320 e. The van der Waals surface area contributed by atoms with Gasteiger partial charge in [0.25, 0.3) is 0 Å². The van der Waals surface area contributed by atoms with Gasteiger partial charge in [-0.15, -0.1) is 0 Å². The highest BCUT2D eigenvalue weighted by molar-refractivity contribution is 5.75. The molecule has 1 aliphatic carbocycles. The summed E-state index contributed by atoms with van der Waals surface area (Å²) >= 11 is 0. The van der Waals surface area contributed by atoms with Gasteiger partial charge in [0.05, 0.1) is 0 Å². The molecule has 0 aromatic rings. The van der Waals surface area contributed by atoms with Crippen molar-refractivity contribution in [1.29, 1.82) is 0 Å². The van der Waals surface area contributed by atoms with Gasteiger partial charge in [0.2, 0.25) is 0 Å². The van der Waals surface area contributed by atoms with Crippen LogP contribution >= 0.6 is 0 Å². The number of carbonyl (C=O) groups excluding carboxylic acids is 1. The molecule has 1 saturated heterocycles. The van der Waals surface area contributed by atoms with E-state index < -0.39 is 0 Å². The van der Waals surface area contributed by atoms with Crippen molar-refractivity contribution >= 4 is 6.03 Å². The average molecular weight is 211 g/mol. The van der Waals surface area contributed by atoms with Crippen molar-refractivity contribution in [3.63, 3.8) is 0 Å². The summed E-state index contributed by atoms with van der Waals surface area (Å²) in [6.07, 6.45) is 3.51. The normalized spacial score (nSPS) is 24.5. The number of amides is 2. The molecule has 86 valence electrons. The predicted molar refractivity (Wildman–Crippen MR) is 59.5 cm³/mol. The second-order valence-corrected chi connectivity index (χ2v) is 4.85. The summed E-state index contributed by atoms with van der Waals surface area (Å²) in [5, 5.41) is 0. The van der Waals surface area contributed by atoms with Gasteiger partial charge in [-0.05, 0) is 31.7 Å². The lowest BCUT2D eigenvalue weighted by molar-refractivity contribution is 0.120. The molecule has 2 N–H and O–H groups in total. The van der Waals surface area contributed by atoms with Crippen LogP contribution in [0.4, 0.5) is 4.79 Å². The summed E-state index contributed by atoms with van der Waals surface area (Å²) in [5.74, 6) is 0.410. The van der Waals surface area contributed by atoms with E-state index >= 15 is 0 Å². The lowest BCUT2D eigenvalue weighted by Crippen LogP contribution is -2.51. The number of rotatable bonds is 4. The molecule has 0 aromatic carbocycles. The molecule has 1 aliphatic heterocycles. The molecular weight excluding hydrogens is 190 g/mol. The van der Waals surface area contributed by atoms with E-state index in [9.17, 15) is 4.79 Å². The van der Waals surface area contributed by atoms with E-state index in [2.05, 4.69) is 6.92 Å². The minimum Gasteiger partial charge on any atom is -0.330 e. The first-order chi connectivity index (χ1) is 7.22. The molecule has 4 heteroatoms. The van der Waals surface area contributed by atoms with E-state index in [1.165, 1.54) is 12.8 Å². The Kier molecular flexibility index (Phi) is 3.14. The highest BCUT2D eigenvalue weighted by Gasteiger charge is 2.36.